The smallest absolute Gasteiger partial charge is 0.231 e. The molecule has 29 heavy (non-hydrogen) atoms. The number of rotatable bonds is 4. The van der Waals surface area contributed by atoms with Crippen molar-refractivity contribution < 1.29 is 9.47 Å². The van der Waals surface area contributed by atoms with Crippen LogP contribution in [0, 0.1) is 0 Å². The van der Waals surface area contributed by atoms with Crippen molar-refractivity contribution in [1.29, 1.82) is 0 Å². The summed E-state index contributed by atoms with van der Waals surface area (Å²) in [5, 5.41) is 4.49. The first-order chi connectivity index (χ1) is 14.1. The van der Waals surface area contributed by atoms with Crippen molar-refractivity contribution >= 4 is 28.1 Å². The van der Waals surface area contributed by atoms with Crippen LogP contribution in [0.4, 0.5) is 17.2 Å². The number of nitrogens with zero attached hydrogens (tertiary/aromatic N) is 3. The molecule has 0 spiro atoms. The van der Waals surface area contributed by atoms with Gasteiger partial charge in [0.15, 0.2) is 11.5 Å². The third kappa shape index (κ3) is 3.02. The standard InChI is InChI=1S/C23H22N4O2/c1-26(2)17-7-4-15(5-8-17)20-13-18-19(27(20)3)10-11-24-23(18)25-16-6-9-21-22(12-16)29-14-28-21/h4-13H,14H2,1-3H3,(H,24,25). The fourth-order valence-electron chi connectivity index (χ4n) is 3.68. The Morgan fingerprint density at radius 3 is 2.55 bits per heavy atom. The van der Waals surface area contributed by atoms with Crippen LogP contribution in [0.2, 0.25) is 0 Å². The van der Waals surface area contributed by atoms with Gasteiger partial charge in [-0.2, -0.15) is 0 Å². The first-order valence-corrected chi connectivity index (χ1v) is 9.49. The van der Waals surface area contributed by atoms with Crippen molar-refractivity contribution in [2.45, 2.75) is 0 Å². The van der Waals surface area contributed by atoms with E-state index >= 15 is 0 Å². The van der Waals surface area contributed by atoms with Crippen molar-refractivity contribution in [3.05, 3.63) is 60.8 Å². The van der Waals surface area contributed by atoms with Crippen molar-refractivity contribution in [1.82, 2.24) is 9.55 Å². The van der Waals surface area contributed by atoms with Crippen LogP contribution < -0.4 is 19.7 Å². The number of nitrogens with one attached hydrogen (secondary N) is 1. The molecule has 2 aromatic heterocycles. The number of hydrogen-bond acceptors (Lipinski definition) is 5. The molecule has 3 heterocycles. The molecule has 0 saturated carbocycles. The molecule has 0 atom stereocenters. The van der Waals surface area contributed by atoms with Crippen LogP contribution in [0.15, 0.2) is 60.8 Å². The molecule has 146 valence electrons. The van der Waals surface area contributed by atoms with Crippen LogP contribution in [-0.2, 0) is 7.05 Å². The van der Waals surface area contributed by atoms with Gasteiger partial charge in [0.25, 0.3) is 0 Å². The molecule has 0 amide bonds. The minimum absolute atomic E-state index is 0.265. The van der Waals surface area contributed by atoms with Gasteiger partial charge in [0.1, 0.15) is 5.82 Å². The fraction of sp³-hybridized carbons (Fsp3) is 0.174. The number of fused-ring (bicyclic) bond motifs is 2. The number of benzene rings is 2. The molecular formula is C23H22N4O2. The maximum Gasteiger partial charge on any atom is 0.231 e. The molecule has 0 unspecified atom stereocenters. The third-order valence-corrected chi connectivity index (χ3v) is 5.29. The largest absolute Gasteiger partial charge is 0.454 e. The zero-order valence-electron chi connectivity index (χ0n) is 16.6. The maximum atomic E-state index is 5.48. The molecule has 0 saturated heterocycles. The zero-order chi connectivity index (χ0) is 20.0. The van der Waals surface area contributed by atoms with Crippen LogP contribution in [0.1, 0.15) is 0 Å². The highest BCUT2D eigenvalue weighted by Crippen LogP contribution is 2.37. The summed E-state index contributed by atoms with van der Waals surface area (Å²) in [5.41, 5.74) is 5.53. The van der Waals surface area contributed by atoms with Gasteiger partial charge in [-0.1, -0.05) is 12.1 Å². The lowest BCUT2D eigenvalue weighted by atomic mass is 10.1. The van der Waals surface area contributed by atoms with E-state index in [1.807, 2.05) is 44.6 Å². The van der Waals surface area contributed by atoms with Gasteiger partial charge in [-0.25, -0.2) is 4.98 Å². The highest BCUT2D eigenvalue weighted by molar-refractivity contribution is 5.96. The first kappa shape index (κ1) is 17.4. The molecule has 1 aliphatic heterocycles. The second kappa shape index (κ2) is 6.74. The van der Waals surface area contributed by atoms with E-state index in [0.29, 0.717) is 0 Å². The monoisotopic (exact) mass is 386 g/mol. The molecule has 0 fully saturated rings. The average Bonchev–Trinajstić information content (AvgIpc) is 3.33. The Balaban J connectivity index is 1.53. The van der Waals surface area contributed by atoms with Crippen LogP contribution in [-0.4, -0.2) is 30.4 Å². The van der Waals surface area contributed by atoms with Crippen molar-refractivity contribution in [3.8, 4) is 22.8 Å². The molecule has 4 aromatic rings. The van der Waals surface area contributed by atoms with Crippen molar-refractivity contribution in [2.75, 3.05) is 31.1 Å². The molecule has 6 nitrogen and oxygen atoms in total. The minimum atomic E-state index is 0.265. The van der Waals surface area contributed by atoms with Gasteiger partial charge < -0.3 is 24.3 Å². The van der Waals surface area contributed by atoms with E-state index in [9.17, 15) is 0 Å². The molecule has 0 aliphatic carbocycles. The third-order valence-electron chi connectivity index (χ3n) is 5.29. The number of hydrogen-bond donors (Lipinski definition) is 1. The van der Waals surface area contributed by atoms with E-state index in [1.54, 1.807) is 0 Å². The average molecular weight is 386 g/mol. The predicted octanol–water partition coefficient (Wildman–Crippen LogP) is 4.78. The van der Waals surface area contributed by atoms with E-state index in [4.69, 9.17) is 9.47 Å². The molecule has 6 heteroatoms. The van der Waals surface area contributed by atoms with Gasteiger partial charge in [-0.05, 0) is 42.0 Å². The summed E-state index contributed by atoms with van der Waals surface area (Å²) in [5.74, 6) is 2.33. The highest BCUT2D eigenvalue weighted by atomic mass is 16.7. The molecule has 0 radical (unpaired) electrons. The Hall–Kier alpha value is -3.67. The number of ether oxygens (including phenoxy) is 2. The van der Waals surface area contributed by atoms with E-state index < -0.39 is 0 Å². The van der Waals surface area contributed by atoms with E-state index in [2.05, 4.69) is 57.1 Å². The number of aromatic nitrogens is 2. The van der Waals surface area contributed by atoms with Crippen LogP contribution >= 0.6 is 0 Å². The summed E-state index contributed by atoms with van der Waals surface area (Å²) in [7, 11) is 6.18. The van der Waals surface area contributed by atoms with Gasteiger partial charge in [-0.3, -0.25) is 0 Å². The Morgan fingerprint density at radius 2 is 1.76 bits per heavy atom. The summed E-state index contributed by atoms with van der Waals surface area (Å²) >= 11 is 0. The highest BCUT2D eigenvalue weighted by Gasteiger charge is 2.15. The second-order valence-electron chi connectivity index (χ2n) is 7.32. The Morgan fingerprint density at radius 1 is 0.966 bits per heavy atom. The summed E-state index contributed by atoms with van der Waals surface area (Å²) in [6.07, 6.45) is 1.83. The lowest BCUT2D eigenvalue weighted by molar-refractivity contribution is 0.174. The normalized spacial score (nSPS) is 12.4. The molecule has 1 N–H and O–H groups in total. The van der Waals surface area contributed by atoms with E-state index in [1.165, 1.54) is 11.3 Å². The van der Waals surface area contributed by atoms with Crippen molar-refractivity contribution in [3.63, 3.8) is 0 Å². The van der Waals surface area contributed by atoms with Crippen molar-refractivity contribution in [2.24, 2.45) is 7.05 Å². The Bertz CT molecular complexity index is 1200. The lowest BCUT2D eigenvalue weighted by Gasteiger charge is -2.13. The Labute approximate surface area is 169 Å². The van der Waals surface area contributed by atoms with Gasteiger partial charge in [0.2, 0.25) is 6.79 Å². The lowest BCUT2D eigenvalue weighted by Crippen LogP contribution is -2.08. The van der Waals surface area contributed by atoms with Gasteiger partial charge in [-0.15, -0.1) is 0 Å². The first-order valence-electron chi connectivity index (χ1n) is 9.49. The number of pyridine rings is 1. The number of aryl methyl sites for hydroxylation is 1. The summed E-state index contributed by atoms with van der Waals surface area (Å²) in [6.45, 7) is 0.265. The van der Waals surface area contributed by atoms with Gasteiger partial charge in [0.05, 0.1) is 5.52 Å². The summed E-state index contributed by atoms with van der Waals surface area (Å²) < 4.78 is 13.1. The van der Waals surface area contributed by atoms with Crippen LogP contribution in [0.3, 0.4) is 0 Å². The molecule has 2 aromatic carbocycles. The molecule has 0 bridgehead atoms. The topological polar surface area (TPSA) is 51.6 Å². The van der Waals surface area contributed by atoms with Crippen LogP contribution in [0.25, 0.3) is 22.2 Å². The zero-order valence-corrected chi connectivity index (χ0v) is 16.6. The predicted molar refractivity (Wildman–Crippen MR) is 116 cm³/mol. The van der Waals surface area contributed by atoms with E-state index in [-0.39, 0.29) is 6.79 Å². The van der Waals surface area contributed by atoms with Gasteiger partial charge in [0, 0.05) is 55.9 Å². The SMILES string of the molecule is CN(C)c1ccc(-c2cc3c(Nc4ccc5c(c4)OCO5)nccc3n2C)cc1. The minimum Gasteiger partial charge on any atom is -0.454 e. The second-order valence-corrected chi connectivity index (χ2v) is 7.32. The summed E-state index contributed by atoms with van der Waals surface area (Å²) in [4.78, 5) is 6.68. The molecular weight excluding hydrogens is 364 g/mol. The molecule has 1 aliphatic rings. The quantitative estimate of drug-likeness (QED) is 0.547. The summed E-state index contributed by atoms with van der Waals surface area (Å²) in [6, 6.07) is 18.6. The fourth-order valence-corrected chi connectivity index (χ4v) is 3.68. The van der Waals surface area contributed by atoms with Gasteiger partial charge >= 0.3 is 0 Å². The molecule has 5 rings (SSSR count). The van der Waals surface area contributed by atoms with Crippen LogP contribution in [0.5, 0.6) is 11.5 Å². The Kier molecular flexibility index (Phi) is 4.05. The van der Waals surface area contributed by atoms with E-state index in [0.717, 1.165) is 39.6 Å². The maximum absolute atomic E-state index is 5.48. The number of anilines is 3.